The number of unbranched alkanes of at least 4 members (excludes halogenated alkanes) is 1. The van der Waals surface area contributed by atoms with E-state index in [1.165, 1.54) is 0 Å². The molecule has 116 valence electrons. The summed E-state index contributed by atoms with van der Waals surface area (Å²) in [7, 11) is 1.74. The minimum atomic E-state index is -1.07. The van der Waals surface area contributed by atoms with Crippen molar-refractivity contribution in [1.82, 2.24) is 15.2 Å². The molecule has 2 amide bonds. The van der Waals surface area contributed by atoms with E-state index in [2.05, 4.69) is 17.2 Å². The summed E-state index contributed by atoms with van der Waals surface area (Å²) < 4.78 is 0. The second-order valence-electron chi connectivity index (χ2n) is 5.71. The Morgan fingerprint density at radius 2 is 2.05 bits per heavy atom. The predicted octanol–water partition coefficient (Wildman–Crippen LogP) is 1.98. The maximum Gasteiger partial charge on any atom is 0.237 e. The number of amides is 2. The van der Waals surface area contributed by atoms with E-state index in [-0.39, 0.29) is 11.8 Å². The van der Waals surface area contributed by atoms with Gasteiger partial charge in [0.15, 0.2) is 0 Å². The highest BCUT2D eigenvalue weighted by Gasteiger charge is 2.37. The van der Waals surface area contributed by atoms with Gasteiger partial charge in [0.1, 0.15) is 5.41 Å². The van der Waals surface area contributed by atoms with E-state index in [4.69, 9.17) is 0 Å². The van der Waals surface area contributed by atoms with Crippen LogP contribution in [0.5, 0.6) is 0 Å². The number of nitrogens with one attached hydrogen (secondary N) is 1. The van der Waals surface area contributed by atoms with Gasteiger partial charge in [-0.15, -0.1) is 0 Å². The summed E-state index contributed by atoms with van der Waals surface area (Å²) in [5.41, 5.74) is -0.300. The Labute approximate surface area is 126 Å². The molecule has 0 atom stereocenters. The molecule has 1 aromatic rings. The lowest BCUT2D eigenvalue weighted by Gasteiger charge is -2.28. The first-order chi connectivity index (χ1) is 9.89. The molecule has 0 unspecified atom stereocenters. The largest absolute Gasteiger partial charge is 0.350 e. The minimum Gasteiger partial charge on any atom is -0.350 e. The molecule has 5 heteroatoms. The van der Waals surface area contributed by atoms with Gasteiger partial charge in [0.05, 0.1) is 12.2 Å². The van der Waals surface area contributed by atoms with Gasteiger partial charge in [0, 0.05) is 19.8 Å². The molecule has 0 saturated carbocycles. The smallest absolute Gasteiger partial charge is 0.237 e. The Balaban J connectivity index is 2.59. The molecule has 21 heavy (non-hydrogen) atoms. The molecule has 0 aliphatic heterocycles. The molecule has 0 bridgehead atoms. The molecule has 1 heterocycles. The molecule has 0 aliphatic rings. The highest BCUT2D eigenvalue weighted by Crippen LogP contribution is 2.19. The van der Waals surface area contributed by atoms with Crippen LogP contribution in [0.2, 0.25) is 0 Å². The van der Waals surface area contributed by atoms with E-state index in [0.29, 0.717) is 13.1 Å². The number of hydrogen-bond acceptors (Lipinski definition) is 3. The van der Waals surface area contributed by atoms with Crippen LogP contribution in [0.15, 0.2) is 24.4 Å². The second-order valence-corrected chi connectivity index (χ2v) is 5.71. The van der Waals surface area contributed by atoms with Crippen molar-refractivity contribution in [2.24, 2.45) is 5.41 Å². The van der Waals surface area contributed by atoms with Crippen LogP contribution in [-0.4, -0.2) is 35.3 Å². The van der Waals surface area contributed by atoms with Gasteiger partial charge in [-0.3, -0.25) is 14.6 Å². The molecule has 0 fully saturated rings. The summed E-state index contributed by atoms with van der Waals surface area (Å²) in [5.74, 6) is -0.434. The van der Waals surface area contributed by atoms with Crippen molar-refractivity contribution < 1.29 is 9.59 Å². The Bertz CT molecular complexity index is 472. The highest BCUT2D eigenvalue weighted by atomic mass is 16.2. The minimum absolute atomic E-state index is 0.158. The number of pyridine rings is 1. The van der Waals surface area contributed by atoms with Crippen LogP contribution in [0.4, 0.5) is 0 Å². The molecule has 0 aliphatic carbocycles. The highest BCUT2D eigenvalue weighted by molar-refractivity contribution is 6.04. The van der Waals surface area contributed by atoms with Gasteiger partial charge >= 0.3 is 0 Å². The number of rotatable bonds is 7. The molecule has 1 aromatic heterocycles. The first-order valence-corrected chi connectivity index (χ1v) is 7.33. The topological polar surface area (TPSA) is 62.3 Å². The zero-order chi connectivity index (χ0) is 15.9. The quantitative estimate of drug-likeness (QED) is 0.781. The number of nitrogens with zero attached hydrogens (tertiary/aromatic N) is 2. The molecular weight excluding hydrogens is 266 g/mol. The molecule has 0 saturated heterocycles. The number of aromatic nitrogens is 1. The second kappa shape index (κ2) is 7.76. The first-order valence-electron chi connectivity index (χ1n) is 7.33. The van der Waals surface area contributed by atoms with E-state index in [0.717, 1.165) is 18.5 Å². The normalized spacial score (nSPS) is 11.0. The van der Waals surface area contributed by atoms with Crippen molar-refractivity contribution in [2.75, 3.05) is 13.6 Å². The third kappa shape index (κ3) is 4.85. The maximum atomic E-state index is 12.4. The fourth-order valence-electron chi connectivity index (χ4n) is 1.97. The van der Waals surface area contributed by atoms with Gasteiger partial charge in [0.25, 0.3) is 0 Å². The van der Waals surface area contributed by atoms with Crippen LogP contribution in [0.3, 0.4) is 0 Å². The summed E-state index contributed by atoms with van der Waals surface area (Å²) >= 11 is 0. The van der Waals surface area contributed by atoms with Crippen LogP contribution < -0.4 is 5.32 Å². The molecule has 0 spiro atoms. The van der Waals surface area contributed by atoms with E-state index in [9.17, 15) is 9.59 Å². The number of carbonyl (C=O) groups is 2. The van der Waals surface area contributed by atoms with Crippen molar-refractivity contribution in [3.8, 4) is 0 Å². The van der Waals surface area contributed by atoms with Gasteiger partial charge in [-0.2, -0.15) is 0 Å². The van der Waals surface area contributed by atoms with Crippen molar-refractivity contribution >= 4 is 11.8 Å². The Morgan fingerprint density at radius 3 is 2.62 bits per heavy atom. The molecule has 0 radical (unpaired) electrons. The van der Waals surface area contributed by atoms with Crippen molar-refractivity contribution in [1.29, 1.82) is 0 Å². The van der Waals surface area contributed by atoms with Gasteiger partial charge in [-0.1, -0.05) is 19.4 Å². The fourth-order valence-corrected chi connectivity index (χ4v) is 1.97. The van der Waals surface area contributed by atoms with Crippen LogP contribution >= 0.6 is 0 Å². The zero-order valence-electron chi connectivity index (χ0n) is 13.3. The monoisotopic (exact) mass is 291 g/mol. The molecule has 1 N–H and O–H groups in total. The zero-order valence-corrected chi connectivity index (χ0v) is 13.3. The third-order valence-electron chi connectivity index (χ3n) is 3.45. The third-order valence-corrected chi connectivity index (χ3v) is 3.45. The van der Waals surface area contributed by atoms with Gasteiger partial charge in [0.2, 0.25) is 11.8 Å². The van der Waals surface area contributed by atoms with Crippen molar-refractivity contribution in [3.05, 3.63) is 30.1 Å². The maximum absolute atomic E-state index is 12.4. The van der Waals surface area contributed by atoms with E-state index in [1.807, 2.05) is 18.2 Å². The van der Waals surface area contributed by atoms with Crippen molar-refractivity contribution in [3.63, 3.8) is 0 Å². The van der Waals surface area contributed by atoms with Gasteiger partial charge < -0.3 is 10.2 Å². The Kier molecular flexibility index (Phi) is 6.34. The Morgan fingerprint density at radius 1 is 1.33 bits per heavy atom. The van der Waals surface area contributed by atoms with E-state index in [1.54, 1.807) is 32.0 Å². The lowest BCUT2D eigenvalue weighted by Crippen LogP contribution is -2.48. The molecule has 0 aromatic carbocycles. The Hall–Kier alpha value is -1.91. The standard InChI is InChI=1S/C16H25N3O2/c1-5-6-11-19(4)15(21)16(2,3)14(20)18-12-13-9-7-8-10-17-13/h7-10H,5-6,11-12H2,1-4H3,(H,18,20). The summed E-state index contributed by atoms with van der Waals surface area (Å²) in [4.78, 5) is 30.4. The lowest BCUT2D eigenvalue weighted by atomic mass is 9.90. The van der Waals surface area contributed by atoms with Crippen LogP contribution in [-0.2, 0) is 16.1 Å². The number of carbonyl (C=O) groups excluding carboxylic acids is 2. The van der Waals surface area contributed by atoms with Crippen LogP contribution in [0, 0.1) is 5.41 Å². The van der Waals surface area contributed by atoms with Crippen molar-refractivity contribution in [2.45, 2.75) is 40.2 Å². The number of hydrogen-bond donors (Lipinski definition) is 1. The van der Waals surface area contributed by atoms with Gasteiger partial charge in [-0.05, 0) is 32.4 Å². The van der Waals surface area contributed by atoms with Crippen LogP contribution in [0.1, 0.15) is 39.3 Å². The first kappa shape index (κ1) is 17.1. The fraction of sp³-hybridized carbons (Fsp3) is 0.562. The molecular formula is C16H25N3O2. The van der Waals surface area contributed by atoms with Crippen LogP contribution in [0.25, 0.3) is 0 Å². The van der Waals surface area contributed by atoms with Gasteiger partial charge in [-0.25, -0.2) is 0 Å². The average Bonchev–Trinajstić information content (AvgIpc) is 2.50. The average molecular weight is 291 g/mol. The summed E-state index contributed by atoms with van der Waals surface area (Å²) in [6, 6.07) is 5.52. The summed E-state index contributed by atoms with van der Waals surface area (Å²) in [6.45, 7) is 6.39. The molecule has 1 rings (SSSR count). The summed E-state index contributed by atoms with van der Waals surface area (Å²) in [6.07, 6.45) is 3.63. The van der Waals surface area contributed by atoms with E-state index < -0.39 is 5.41 Å². The summed E-state index contributed by atoms with van der Waals surface area (Å²) in [5, 5.41) is 2.78. The molecule has 5 nitrogen and oxygen atoms in total. The SMILES string of the molecule is CCCCN(C)C(=O)C(C)(C)C(=O)NCc1ccccn1. The predicted molar refractivity (Wildman–Crippen MR) is 82.4 cm³/mol. The van der Waals surface area contributed by atoms with E-state index >= 15 is 0 Å². The lowest BCUT2D eigenvalue weighted by molar-refractivity contribution is -0.147.